The molecule has 0 aliphatic heterocycles. The molecule has 0 spiro atoms. The third kappa shape index (κ3) is 29.0. The first-order valence-electron chi connectivity index (χ1n) is 27.6. The van der Waals surface area contributed by atoms with Gasteiger partial charge in [-0.15, -0.1) is 0 Å². The Labute approximate surface area is 505 Å². The second-order valence-corrected chi connectivity index (χ2v) is 20.2. The first kappa shape index (κ1) is 71.9. The Kier molecular flexibility index (Phi) is 31.5. The first-order chi connectivity index (χ1) is 41.8. The van der Waals surface area contributed by atoms with Crippen molar-refractivity contribution in [3.63, 3.8) is 0 Å². The summed E-state index contributed by atoms with van der Waals surface area (Å²) in [4.78, 5) is 165. The number of nitrogens with two attached hydrogens (primary N) is 3. The Morgan fingerprint density at radius 2 is 0.875 bits per heavy atom. The first-order valence-corrected chi connectivity index (χ1v) is 27.6. The topological polar surface area (TPSA) is 496 Å². The van der Waals surface area contributed by atoms with E-state index in [9.17, 15) is 68.2 Å². The number of amides is 7. The lowest BCUT2D eigenvalue weighted by atomic mass is 10.0. The van der Waals surface area contributed by atoms with E-state index in [0.717, 1.165) is 0 Å². The number of nitrogens with one attached hydrogen (secondary N) is 9. The molecule has 0 saturated carbocycles. The van der Waals surface area contributed by atoms with Crippen LogP contribution in [0.1, 0.15) is 82.9 Å². The van der Waals surface area contributed by atoms with Gasteiger partial charge in [-0.25, -0.2) is 35.0 Å². The highest BCUT2D eigenvalue weighted by molar-refractivity contribution is 5.98. The van der Waals surface area contributed by atoms with Crippen LogP contribution in [0.5, 0.6) is 0 Å². The van der Waals surface area contributed by atoms with Gasteiger partial charge in [0, 0.05) is 13.1 Å². The number of rotatable bonds is 37. The van der Waals surface area contributed by atoms with Crippen LogP contribution < -0.4 is 65.3 Å². The second kappa shape index (κ2) is 38.6. The van der Waals surface area contributed by atoms with Gasteiger partial charge in [0.25, 0.3) is 11.9 Å². The summed E-state index contributed by atoms with van der Waals surface area (Å²) < 4.78 is 16.2. The molecular formula is C55H76N16O17. The van der Waals surface area contributed by atoms with E-state index in [4.69, 9.17) is 31.4 Å². The van der Waals surface area contributed by atoms with Crippen LogP contribution in [0, 0.1) is 32.1 Å². The highest BCUT2D eigenvalue weighted by Crippen LogP contribution is 2.12. The van der Waals surface area contributed by atoms with Gasteiger partial charge in [-0.1, -0.05) is 130 Å². The highest BCUT2D eigenvalue weighted by Gasteiger charge is 2.35. The normalized spacial score (nSPS) is 13.3. The van der Waals surface area contributed by atoms with E-state index >= 15 is 0 Å². The van der Waals surface area contributed by atoms with Crippen LogP contribution in [0.4, 0.5) is 0 Å². The van der Waals surface area contributed by atoms with E-state index in [1.807, 2.05) is 0 Å². The van der Waals surface area contributed by atoms with Crippen molar-refractivity contribution < 1.29 is 72.2 Å². The Balaban J connectivity index is 1.83. The van der Waals surface area contributed by atoms with Gasteiger partial charge in [-0.05, 0) is 54.2 Å². The molecule has 0 unspecified atom stereocenters. The molecule has 88 heavy (non-hydrogen) atoms. The number of carbonyl (C=O) groups is 10. The van der Waals surface area contributed by atoms with E-state index < -0.39 is 155 Å². The van der Waals surface area contributed by atoms with E-state index in [1.54, 1.807) is 116 Å². The number of nitro groups is 2. The van der Waals surface area contributed by atoms with Crippen molar-refractivity contribution in [1.29, 1.82) is 0 Å². The molecule has 0 radical (unpaired) electrons. The monoisotopic (exact) mass is 1230 g/mol. The van der Waals surface area contributed by atoms with Crippen LogP contribution in [-0.2, 0) is 82.0 Å². The fraction of sp³-hybridized carbons (Fsp3) is 0.455. The summed E-state index contributed by atoms with van der Waals surface area (Å²) >= 11 is 0. The average molecular weight is 1230 g/mol. The Bertz CT molecular complexity index is 2900. The number of hydrazine groups is 2. The highest BCUT2D eigenvalue weighted by atomic mass is 16.7. The molecule has 0 aliphatic carbocycles. The van der Waals surface area contributed by atoms with E-state index in [1.165, 1.54) is 13.8 Å². The van der Waals surface area contributed by atoms with Crippen molar-refractivity contribution in [1.82, 2.24) is 48.1 Å². The van der Waals surface area contributed by atoms with Gasteiger partial charge < -0.3 is 68.6 Å². The maximum Gasteiger partial charge on any atom is 0.329 e. The maximum absolute atomic E-state index is 14.2. The molecule has 0 heterocycles. The van der Waals surface area contributed by atoms with Crippen molar-refractivity contribution in [2.45, 2.75) is 122 Å². The molecule has 0 bridgehead atoms. The molecule has 0 aromatic heterocycles. The predicted octanol–water partition coefficient (Wildman–Crippen LogP) is -1.96. The number of hydrogen-bond acceptors (Lipinski definition) is 20. The van der Waals surface area contributed by atoms with Gasteiger partial charge in [0.2, 0.25) is 41.4 Å². The molecule has 6 atom stereocenters. The molecule has 3 aromatic carbocycles. The third-order valence-corrected chi connectivity index (χ3v) is 12.3. The average Bonchev–Trinajstić information content (AvgIpc) is 3.61. The lowest BCUT2D eigenvalue weighted by molar-refractivity contribution is -0.525. The Morgan fingerprint density at radius 3 is 1.28 bits per heavy atom. The van der Waals surface area contributed by atoms with Crippen molar-refractivity contribution in [2.75, 3.05) is 26.2 Å². The van der Waals surface area contributed by atoms with Crippen molar-refractivity contribution in [3.05, 3.63) is 128 Å². The minimum Gasteiger partial charge on any atom is -0.461 e. The lowest BCUT2D eigenvalue weighted by Gasteiger charge is -2.27. The van der Waals surface area contributed by atoms with Crippen LogP contribution in [0.15, 0.2) is 101 Å². The number of carbonyl (C=O) groups excluding carboxylic acids is 10. The lowest BCUT2D eigenvalue weighted by Crippen LogP contribution is -2.59. The minimum absolute atomic E-state index is 0.00882. The fourth-order valence-electron chi connectivity index (χ4n) is 7.71. The zero-order valence-corrected chi connectivity index (χ0v) is 48.9. The molecule has 478 valence electrons. The number of benzene rings is 3. The number of guanidine groups is 2. The summed E-state index contributed by atoms with van der Waals surface area (Å²) in [5.41, 5.74) is 22.0. The summed E-state index contributed by atoms with van der Waals surface area (Å²) in [5.74, 6) is -12.0. The molecule has 33 nitrogen and oxygen atoms in total. The third-order valence-electron chi connectivity index (χ3n) is 12.3. The molecule has 7 amide bonds. The molecule has 0 aliphatic rings. The summed E-state index contributed by atoms with van der Waals surface area (Å²) in [6.07, 6.45) is -1.74. The standard InChI is InChI=1S/C55H76N16O17/c1-33(2)46(66-50(78)40(26-44(74)86-30-35-16-8-5-9-17-35)63-42(72)28-61-48(76)38(56)22-14-24-59-54(57)68-70(82)83)52(80)65-39(23-15-25-60-55(58)69-71(84)85)49(77)62-29-43(73)64-41(27-45(75)87-31-36-18-10-6-11-19-36)51(79)67-47(34(3)4)53(81)88-32-37-20-12-7-13-21-37/h5-13,16-21,33-34,38-41,46-47H,14-15,22-32,56H2,1-4H3,(H,61,76)(H,62,77)(H,63,72)(H,64,73)(H,65,80)(H,66,78)(H,67,79)(H3,57,59,68)(H3,58,60,69)/t38-,39-,40-,41-,46-,47-/m0/s1. The van der Waals surface area contributed by atoms with Crippen molar-refractivity contribution in [2.24, 2.45) is 39.0 Å². The van der Waals surface area contributed by atoms with Gasteiger partial charge in [-0.2, -0.15) is 0 Å². The summed E-state index contributed by atoms with van der Waals surface area (Å²) in [7, 11) is 0. The van der Waals surface area contributed by atoms with Gasteiger partial charge in [0.05, 0.1) is 32.0 Å². The van der Waals surface area contributed by atoms with Crippen molar-refractivity contribution >= 4 is 71.2 Å². The van der Waals surface area contributed by atoms with Crippen LogP contribution in [0.25, 0.3) is 0 Å². The summed E-state index contributed by atoms with van der Waals surface area (Å²) in [6, 6.07) is 16.8. The number of hydrogen-bond donors (Lipinski definition) is 12. The van der Waals surface area contributed by atoms with Crippen LogP contribution in [-0.4, -0.2) is 144 Å². The number of nitrogens with zero attached hydrogens (tertiary/aromatic N) is 4. The van der Waals surface area contributed by atoms with Crippen LogP contribution in [0.2, 0.25) is 0 Å². The van der Waals surface area contributed by atoms with Crippen LogP contribution >= 0.6 is 0 Å². The second-order valence-electron chi connectivity index (χ2n) is 20.2. The number of ether oxygens (including phenoxy) is 3. The van der Waals surface area contributed by atoms with E-state index in [2.05, 4.69) is 47.2 Å². The molecule has 3 aromatic rings. The van der Waals surface area contributed by atoms with Gasteiger partial charge in [-0.3, -0.25) is 43.2 Å². The summed E-state index contributed by atoms with van der Waals surface area (Å²) in [6.45, 7) is 3.83. The van der Waals surface area contributed by atoms with Crippen LogP contribution in [0.3, 0.4) is 0 Å². The number of aliphatic imine (C=N–C) groups is 2. The Hall–Kier alpha value is -10.3. The predicted molar refractivity (Wildman–Crippen MR) is 313 cm³/mol. The molecule has 15 N–H and O–H groups in total. The zero-order valence-electron chi connectivity index (χ0n) is 48.9. The summed E-state index contributed by atoms with van der Waals surface area (Å²) in [5, 5.41) is 36.5. The molecular weight excluding hydrogens is 1160 g/mol. The zero-order chi connectivity index (χ0) is 65.1. The largest absolute Gasteiger partial charge is 0.461 e. The fourth-order valence-corrected chi connectivity index (χ4v) is 7.71. The smallest absolute Gasteiger partial charge is 0.329 e. The maximum atomic E-state index is 14.2. The SMILES string of the molecule is CC(C)[C@H](NC(=O)[C@H](CC(=O)OCc1ccccc1)NC(=O)CNC(=O)[C@@H](N)CCCN=C(N)N[N+](=O)[O-])C(=O)N[C@@H](CCCN=C(N)N[N+](=O)[O-])C(=O)NCC(=O)N[C@@H](CC(=O)OCc1ccccc1)C(=O)N[C@H](C(=O)OCc1ccccc1)C(C)C. The van der Waals surface area contributed by atoms with E-state index in [-0.39, 0.29) is 58.6 Å². The molecule has 0 saturated heterocycles. The quantitative estimate of drug-likeness (QED) is 0.00567. The molecule has 3 rings (SSSR count). The Morgan fingerprint density at radius 1 is 0.489 bits per heavy atom. The van der Waals surface area contributed by atoms with Gasteiger partial charge in [0.15, 0.2) is 10.1 Å². The molecule has 0 fully saturated rings. The minimum atomic E-state index is -1.75. The van der Waals surface area contributed by atoms with E-state index in [0.29, 0.717) is 16.7 Å². The van der Waals surface area contributed by atoms with Gasteiger partial charge >= 0.3 is 17.9 Å². The van der Waals surface area contributed by atoms with Crippen molar-refractivity contribution in [3.8, 4) is 0 Å². The van der Waals surface area contributed by atoms with Gasteiger partial charge in [0.1, 0.15) is 50.0 Å². The molecule has 33 heteroatoms. The number of esters is 3.